The molecule has 0 saturated carbocycles. The van der Waals surface area contributed by atoms with Crippen LogP contribution in [0.4, 0.5) is 5.69 Å². The van der Waals surface area contributed by atoms with Crippen LogP contribution in [0, 0.1) is 6.92 Å². The summed E-state index contributed by atoms with van der Waals surface area (Å²) in [5, 5.41) is 3.38. The van der Waals surface area contributed by atoms with Gasteiger partial charge in [0.2, 0.25) is 11.8 Å². The number of anilines is 1. The van der Waals surface area contributed by atoms with Crippen LogP contribution in [0.5, 0.6) is 0 Å². The van der Waals surface area contributed by atoms with Gasteiger partial charge in [-0.1, -0.05) is 80.4 Å². The quantitative estimate of drug-likeness (QED) is 0.273. The second-order valence-corrected chi connectivity index (χ2v) is 11.6. The van der Waals surface area contributed by atoms with Crippen molar-refractivity contribution in [1.82, 2.24) is 10.2 Å². The monoisotopic (exact) mass is 569 g/mol. The number of halogens is 1. The number of carbonyl (C=O) groups is 2. The van der Waals surface area contributed by atoms with Crippen LogP contribution in [0.25, 0.3) is 0 Å². The van der Waals surface area contributed by atoms with Gasteiger partial charge < -0.3 is 10.2 Å². The number of nitrogens with zero attached hydrogens (tertiary/aromatic N) is 2. The van der Waals surface area contributed by atoms with Gasteiger partial charge in [0, 0.05) is 18.1 Å². The highest BCUT2D eigenvalue weighted by molar-refractivity contribution is 7.92. The van der Waals surface area contributed by atoms with Crippen LogP contribution in [-0.4, -0.2) is 44.3 Å². The van der Waals surface area contributed by atoms with Gasteiger partial charge in [0.05, 0.1) is 10.6 Å². The van der Waals surface area contributed by atoms with Gasteiger partial charge in [-0.2, -0.15) is 0 Å². The fraction of sp³-hybridized carbons (Fsp3) is 0.333. The number of aryl methyl sites for hydroxylation is 1. The smallest absolute Gasteiger partial charge is 0.264 e. The second kappa shape index (κ2) is 14.1. The van der Waals surface area contributed by atoms with Crippen LogP contribution in [0.1, 0.15) is 44.2 Å². The number of rotatable bonds is 13. The van der Waals surface area contributed by atoms with Gasteiger partial charge in [-0.3, -0.25) is 13.9 Å². The van der Waals surface area contributed by atoms with Crippen molar-refractivity contribution in [3.05, 3.63) is 95.0 Å². The Labute approximate surface area is 236 Å². The van der Waals surface area contributed by atoms with Gasteiger partial charge in [-0.25, -0.2) is 8.42 Å². The fourth-order valence-electron chi connectivity index (χ4n) is 4.27. The van der Waals surface area contributed by atoms with E-state index in [0.29, 0.717) is 29.2 Å². The molecule has 3 aromatic carbocycles. The summed E-state index contributed by atoms with van der Waals surface area (Å²) < 4.78 is 28.7. The second-order valence-electron chi connectivity index (χ2n) is 9.35. The Morgan fingerprint density at radius 3 is 2.28 bits per heavy atom. The van der Waals surface area contributed by atoms with Crippen LogP contribution >= 0.6 is 11.6 Å². The molecule has 208 valence electrons. The fourth-order valence-corrected chi connectivity index (χ4v) is 5.89. The Morgan fingerprint density at radius 2 is 1.64 bits per heavy atom. The first-order chi connectivity index (χ1) is 18.7. The van der Waals surface area contributed by atoms with Crippen LogP contribution in [0.15, 0.2) is 83.8 Å². The lowest BCUT2D eigenvalue weighted by atomic mass is 10.1. The predicted molar refractivity (Wildman–Crippen MR) is 156 cm³/mol. The zero-order valence-electron chi connectivity index (χ0n) is 22.6. The van der Waals surface area contributed by atoms with E-state index in [1.165, 1.54) is 17.0 Å². The molecular weight excluding hydrogens is 534 g/mol. The van der Waals surface area contributed by atoms with E-state index in [2.05, 4.69) is 5.32 Å². The number of unbranched alkanes of at least 4 members (excludes halogenated alkanes) is 1. The van der Waals surface area contributed by atoms with E-state index in [4.69, 9.17) is 11.6 Å². The molecule has 0 aliphatic carbocycles. The summed E-state index contributed by atoms with van der Waals surface area (Å²) >= 11 is 6.43. The Bertz CT molecular complexity index is 1370. The molecule has 2 amide bonds. The Balaban J connectivity index is 2.03. The number of benzene rings is 3. The van der Waals surface area contributed by atoms with Gasteiger partial charge in [-0.15, -0.1) is 0 Å². The molecule has 3 aromatic rings. The molecule has 0 bridgehead atoms. The molecule has 0 saturated heterocycles. The third-order valence-corrected chi connectivity index (χ3v) is 8.57. The largest absolute Gasteiger partial charge is 0.354 e. The molecule has 39 heavy (non-hydrogen) atoms. The number of hydrogen-bond acceptors (Lipinski definition) is 4. The van der Waals surface area contributed by atoms with E-state index in [1.54, 1.807) is 54.6 Å². The summed E-state index contributed by atoms with van der Waals surface area (Å²) in [6.07, 6.45) is 2.09. The Hall–Kier alpha value is -3.36. The van der Waals surface area contributed by atoms with Crippen LogP contribution < -0.4 is 9.62 Å². The van der Waals surface area contributed by atoms with Crippen molar-refractivity contribution in [3.63, 3.8) is 0 Å². The van der Waals surface area contributed by atoms with E-state index in [0.717, 1.165) is 22.7 Å². The van der Waals surface area contributed by atoms with E-state index in [9.17, 15) is 18.0 Å². The minimum absolute atomic E-state index is 0.0608. The molecule has 0 fully saturated rings. The first-order valence-corrected chi connectivity index (χ1v) is 15.0. The maximum absolute atomic E-state index is 14.0. The molecule has 0 spiro atoms. The first-order valence-electron chi connectivity index (χ1n) is 13.1. The van der Waals surface area contributed by atoms with Crippen LogP contribution in [0.2, 0.25) is 5.02 Å². The van der Waals surface area contributed by atoms with E-state index in [-0.39, 0.29) is 17.3 Å². The molecule has 0 unspecified atom stereocenters. The molecule has 0 heterocycles. The van der Waals surface area contributed by atoms with Gasteiger partial charge >= 0.3 is 0 Å². The van der Waals surface area contributed by atoms with Crippen molar-refractivity contribution < 1.29 is 18.0 Å². The lowest BCUT2D eigenvalue weighted by Crippen LogP contribution is -2.52. The van der Waals surface area contributed by atoms with Gasteiger partial charge in [-0.05, 0) is 61.2 Å². The molecule has 9 heteroatoms. The predicted octanol–water partition coefficient (Wildman–Crippen LogP) is 5.57. The molecule has 3 rings (SSSR count). The standard InChI is InChI=1S/C30H36ClN3O4S/c1-4-6-19-32-30(36)28(5-2)33(21-24-14-10-11-18-27(24)31)29(35)22-34(25-15-12-13-23(3)20-25)39(37,38)26-16-8-7-9-17-26/h7-18,20,28H,4-6,19,21-22H2,1-3H3,(H,32,36)/t28-/m1/s1. The average Bonchev–Trinajstić information content (AvgIpc) is 2.93. The van der Waals surface area contributed by atoms with Crippen molar-refractivity contribution in [3.8, 4) is 0 Å². The number of nitrogens with one attached hydrogen (secondary N) is 1. The molecule has 7 nitrogen and oxygen atoms in total. The highest BCUT2D eigenvalue weighted by Crippen LogP contribution is 2.26. The molecule has 0 aliphatic rings. The summed E-state index contributed by atoms with van der Waals surface area (Å²) in [4.78, 5) is 28.8. The maximum Gasteiger partial charge on any atom is 0.264 e. The summed E-state index contributed by atoms with van der Waals surface area (Å²) in [7, 11) is -4.09. The lowest BCUT2D eigenvalue weighted by molar-refractivity contribution is -0.140. The SMILES string of the molecule is CCCCNC(=O)[C@@H](CC)N(Cc1ccccc1Cl)C(=O)CN(c1cccc(C)c1)S(=O)(=O)c1ccccc1. The van der Waals surface area contributed by atoms with Crippen molar-refractivity contribution in [1.29, 1.82) is 0 Å². The number of sulfonamides is 1. The Morgan fingerprint density at radius 1 is 0.949 bits per heavy atom. The minimum Gasteiger partial charge on any atom is -0.354 e. The van der Waals surface area contributed by atoms with Crippen LogP contribution in [0.3, 0.4) is 0 Å². The van der Waals surface area contributed by atoms with Crippen LogP contribution in [-0.2, 0) is 26.2 Å². The molecule has 0 aromatic heterocycles. The molecule has 0 aliphatic heterocycles. The molecule has 1 atom stereocenters. The van der Waals surface area contributed by atoms with Gasteiger partial charge in [0.15, 0.2) is 0 Å². The first kappa shape index (κ1) is 30.2. The highest BCUT2D eigenvalue weighted by Gasteiger charge is 2.33. The summed E-state index contributed by atoms with van der Waals surface area (Å²) in [6, 6.07) is 21.3. The summed E-state index contributed by atoms with van der Waals surface area (Å²) in [5.74, 6) is -0.784. The average molecular weight is 570 g/mol. The zero-order chi connectivity index (χ0) is 28.4. The zero-order valence-corrected chi connectivity index (χ0v) is 24.2. The minimum atomic E-state index is -4.09. The van der Waals surface area contributed by atoms with E-state index in [1.807, 2.05) is 32.9 Å². The molecule has 0 radical (unpaired) electrons. The topological polar surface area (TPSA) is 86.8 Å². The molecular formula is C30H36ClN3O4S. The van der Waals surface area contributed by atoms with Gasteiger partial charge in [0.25, 0.3) is 10.0 Å². The maximum atomic E-state index is 14.0. The summed E-state index contributed by atoms with van der Waals surface area (Å²) in [6.45, 7) is 5.79. The number of carbonyl (C=O) groups excluding carboxylic acids is 2. The van der Waals surface area contributed by atoms with Crippen molar-refractivity contribution in [2.45, 2.75) is 57.5 Å². The van der Waals surface area contributed by atoms with Gasteiger partial charge in [0.1, 0.15) is 12.6 Å². The van der Waals surface area contributed by atoms with Crippen molar-refractivity contribution in [2.24, 2.45) is 0 Å². The third kappa shape index (κ3) is 7.83. The number of hydrogen-bond donors (Lipinski definition) is 1. The Kier molecular flexibility index (Phi) is 10.9. The lowest BCUT2D eigenvalue weighted by Gasteiger charge is -2.33. The van der Waals surface area contributed by atoms with Crippen molar-refractivity contribution in [2.75, 3.05) is 17.4 Å². The third-order valence-electron chi connectivity index (χ3n) is 6.41. The normalized spacial score (nSPS) is 12.0. The number of amides is 2. The molecule has 1 N–H and O–H groups in total. The van der Waals surface area contributed by atoms with E-state index < -0.39 is 28.5 Å². The highest BCUT2D eigenvalue weighted by atomic mass is 35.5. The van der Waals surface area contributed by atoms with E-state index >= 15 is 0 Å². The summed E-state index contributed by atoms with van der Waals surface area (Å²) in [5.41, 5.74) is 1.88. The van der Waals surface area contributed by atoms with Crippen molar-refractivity contribution >= 4 is 39.1 Å².